The molecule has 0 aliphatic carbocycles. The first kappa shape index (κ1) is 18.4. The van der Waals surface area contributed by atoms with Gasteiger partial charge in [0, 0.05) is 25.9 Å². The molecule has 3 heterocycles. The summed E-state index contributed by atoms with van der Waals surface area (Å²) in [5, 5.41) is 11.7. The summed E-state index contributed by atoms with van der Waals surface area (Å²) in [5.41, 5.74) is -0.307. The minimum Gasteiger partial charge on any atom is -0.493 e. The third kappa shape index (κ3) is 2.90. The Morgan fingerprint density at radius 2 is 1.82 bits per heavy atom. The van der Waals surface area contributed by atoms with Crippen LogP contribution in [0.3, 0.4) is 0 Å². The average molecular weight is 385 g/mol. The standard InChI is InChI=1S/C20H23N3O5/c1-25-14-11-13-16(18(27-3)17(14)26-2)21-12-22-19(13)23-8-6-20(24,7-9-23)15-5-4-10-28-15/h4-5,10-12,24H,6-9H2,1-3H3. The average Bonchev–Trinajstić information content (AvgIpc) is 3.28. The maximum atomic E-state index is 10.9. The van der Waals surface area contributed by atoms with E-state index >= 15 is 0 Å². The van der Waals surface area contributed by atoms with Gasteiger partial charge >= 0.3 is 0 Å². The van der Waals surface area contributed by atoms with E-state index in [-0.39, 0.29) is 0 Å². The fourth-order valence-electron chi connectivity index (χ4n) is 3.78. The van der Waals surface area contributed by atoms with Crippen LogP contribution in [0.15, 0.2) is 35.2 Å². The van der Waals surface area contributed by atoms with E-state index in [1.807, 2.05) is 12.1 Å². The summed E-state index contributed by atoms with van der Waals surface area (Å²) >= 11 is 0. The van der Waals surface area contributed by atoms with Crippen LogP contribution in [-0.4, -0.2) is 49.5 Å². The molecule has 3 aromatic rings. The Kier molecular flexibility index (Phi) is 4.72. The van der Waals surface area contributed by atoms with Crippen molar-refractivity contribution in [2.45, 2.75) is 18.4 Å². The van der Waals surface area contributed by atoms with Crippen LogP contribution in [0.1, 0.15) is 18.6 Å². The Hall–Kier alpha value is -3.00. The second-order valence-corrected chi connectivity index (χ2v) is 6.73. The third-order valence-electron chi connectivity index (χ3n) is 5.28. The van der Waals surface area contributed by atoms with Crippen LogP contribution >= 0.6 is 0 Å². The molecule has 148 valence electrons. The van der Waals surface area contributed by atoms with Gasteiger partial charge in [0.05, 0.1) is 33.0 Å². The summed E-state index contributed by atoms with van der Waals surface area (Å²) < 4.78 is 21.9. The molecule has 1 aliphatic rings. The SMILES string of the molecule is COc1cc2c(N3CCC(O)(c4ccco4)CC3)ncnc2c(OC)c1OC. The molecule has 0 bridgehead atoms. The van der Waals surface area contributed by atoms with Crippen LogP contribution < -0.4 is 19.1 Å². The smallest absolute Gasteiger partial charge is 0.205 e. The Labute approximate surface area is 162 Å². The number of hydrogen-bond donors (Lipinski definition) is 1. The molecule has 0 atom stereocenters. The molecule has 1 fully saturated rings. The van der Waals surface area contributed by atoms with Gasteiger partial charge in [-0.1, -0.05) is 0 Å². The molecule has 1 aromatic carbocycles. The topological polar surface area (TPSA) is 90.1 Å². The normalized spacial score (nSPS) is 16.2. The lowest BCUT2D eigenvalue weighted by Gasteiger charge is -2.37. The molecular formula is C20H23N3O5. The van der Waals surface area contributed by atoms with Gasteiger partial charge in [0.25, 0.3) is 0 Å². The number of ether oxygens (including phenoxy) is 3. The lowest BCUT2D eigenvalue weighted by Crippen LogP contribution is -2.42. The largest absolute Gasteiger partial charge is 0.493 e. The van der Waals surface area contributed by atoms with Crippen molar-refractivity contribution in [2.24, 2.45) is 0 Å². The number of methoxy groups -OCH3 is 3. The Bertz CT molecular complexity index is 966. The molecule has 0 unspecified atom stereocenters. The van der Waals surface area contributed by atoms with E-state index in [0.717, 1.165) is 11.2 Å². The first-order chi connectivity index (χ1) is 13.6. The Morgan fingerprint density at radius 1 is 1.07 bits per heavy atom. The summed E-state index contributed by atoms with van der Waals surface area (Å²) in [4.78, 5) is 11.0. The van der Waals surface area contributed by atoms with Crippen LogP contribution in [0.4, 0.5) is 5.82 Å². The summed E-state index contributed by atoms with van der Waals surface area (Å²) in [6, 6.07) is 5.47. The van der Waals surface area contributed by atoms with Crippen molar-refractivity contribution in [3.63, 3.8) is 0 Å². The second-order valence-electron chi connectivity index (χ2n) is 6.73. The van der Waals surface area contributed by atoms with Gasteiger partial charge in [-0.3, -0.25) is 0 Å². The maximum Gasteiger partial charge on any atom is 0.205 e. The van der Waals surface area contributed by atoms with Gasteiger partial charge < -0.3 is 28.6 Å². The summed E-state index contributed by atoms with van der Waals surface area (Å²) in [7, 11) is 4.72. The van der Waals surface area contributed by atoms with Crippen molar-refractivity contribution in [1.29, 1.82) is 0 Å². The van der Waals surface area contributed by atoms with Crippen LogP contribution in [0.5, 0.6) is 17.2 Å². The van der Waals surface area contributed by atoms with E-state index < -0.39 is 5.60 Å². The molecular weight excluding hydrogens is 362 g/mol. The highest BCUT2D eigenvalue weighted by atomic mass is 16.5. The number of nitrogens with zero attached hydrogens (tertiary/aromatic N) is 3. The van der Waals surface area contributed by atoms with Crippen LogP contribution in [0, 0.1) is 0 Å². The van der Waals surface area contributed by atoms with E-state index in [0.29, 0.717) is 54.5 Å². The molecule has 8 heteroatoms. The third-order valence-corrected chi connectivity index (χ3v) is 5.28. The molecule has 8 nitrogen and oxygen atoms in total. The van der Waals surface area contributed by atoms with E-state index in [1.54, 1.807) is 33.7 Å². The van der Waals surface area contributed by atoms with Crippen molar-refractivity contribution in [1.82, 2.24) is 9.97 Å². The van der Waals surface area contributed by atoms with Gasteiger partial charge in [0.1, 0.15) is 29.0 Å². The number of furan rings is 1. The number of rotatable bonds is 5. The fraction of sp³-hybridized carbons (Fsp3) is 0.400. The Morgan fingerprint density at radius 3 is 2.43 bits per heavy atom. The minimum atomic E-state index is -0.957. The Balaban J connectivity index is 1.72. The lowest BCUT2D eigenvalue weighted by atomic mass is 9.89. The highest BCUT2D eigenvalue weighted by molar-refractivity contribution is 5.97. The van der Waals surface area contributed by atoms with E-state index in [2.05, 4.69) is 14.9 Å². The van der Waals surface area contributed by atoms with E-state index in [9.17, 15) is 5.11 Å². The number of benzene rings is 1. The fourth-order valence-corrected chi connectivity index (χ4v) is 3.78. The number of hydrogen-bond acceptors (Lipinski definition) is 8. The highest BCUT2D eigenvalue weighted by Crippen LogP contribution is 2.45. The summed E-state index contributed by atoms with van der Waals surface area (Å²) in [6.45, 7) is 1.25. The van der Waals surface area contributed by atoms with Gasteiger partial charge in [0.2, 0.25) is 5.75 Å². The zero-order valence-corrected chi connectivity index (χ0v) is 16.1. The van der Waals surface area contributed by atoms with E-state index in [4.69, 9.17) is 18.6 Å². The number of fused-ring (bicyclic) bond motifs is 1. The number of anilines is 1. The van der Waals surface area contributed by atoms with Crippen LogP contribution in [0.2, 0.25) is 0 Å². The minimum absolute atomic E-state index is 0.494. The molecule has 1 aliphatic heterocycles. The molecule has 0 amide bonds. The first-order valence-electron chi connectivity index (χ1n) is 9.06. The first-order valence-corrected chi connectivity index (χ1v) is 9.06. The predicted octanol–water partition coefficient (Wildman–Crippen LogP) is 2.74. The molecule has 28 heavy (non-hydrogen) atoms. The second kappa shape index (κ2) is 7.20. The van der Waals surface area contributed by atoms with Crippen molar-refractivity contribution in [2.75, 3.05) is 39.3 Å². The van der Waals surface area contributed by atoms with Gasteiger partial charge in [-0.15, -0.1) is 0 Å². The summed E-state index contributed by atoms with van der Waals surface area (Å²) in [6.07, 6.45) is 4.18. The molecule has 0 radical (unpaired) electrons. The van der Waals surface area contributed by atoms with Crippen LogP contribution in [0.25, 0.3) is 10.9 Å². The summed E-state index contributed by atoms with van der Waals surface area (Å²) in [5.74, 6) is 2.92. The van der Waals surface area contributed by atoms with Gasteiger partial charge in [-0.25, -0.2) is 9.97 Å². The molecule has 4 rings (SSSR count). The molecule has 1 N–H and O–H groups in total. The van der Waals surface area contributed by atoms with Crippen LogP contribution in [-0.2, 0) is 5.60 Å². The monoisotopic (exact) mass is 385 g/mol. The lowest BCUT2D eigenvalue weighted by molar-refractivity contribution is -0.00840. The van der Waals surface area contributed by atoms with Crippen molar-refractivity contribution in [3.05, 3.63) is 36.5 Å². The maximum absolute atomic E-state index is 10.9. The molecule has 1 saturated heterocycles. The number of aliphatic hydroxyl groups is 1. The molecule has 0 saturated carbocycles. The van der Waals surface area contributed by atoms with Gasteiger partial charge in [-0.2, -0.15) is 0 Å². The van der Waals surface area contributed by atoms with Crippen molar-refractivity contribution in [3.8, 4) is 17.2 Å². The van der Waals surface area contributed by atoms with Gasteiger partial charge in [0.15, 0.2) is 11.5 Å². The number of piperidine rings is 1. The zero-order valence-electron chi connectivity index (χ0n) is 16.1. The van der Waals surface area contributed by atoms with Gasteiger partial charge in [-0.05, 0) is 18.2 Å². The molecule has 2 aromatic heterocycles. The number of aromatic nitrogens is 2. The molecule has 0 spiro atoms. The zero-order chi connectivity index (χ0) is 19.7. The van der Waals surface area contributed by atoms with Crippen molar-refractivity contribution < 1.29 is 23.7 Å². The highest BCUT2D eigenvalue weighted by Gasteiger charge is 2.37. The quantitative estimate of drug-likeness (QED) is 0.717. The van der Waals surface area contributed by atoms with E-state index in [1.165, 1.54) is 6.33 Å². The predicted molar refractivity (Wildman–Crippen MR) is 103 cm³/mol. The van der Waals surface area contributed by atoms with Crippen molar-refractivity contribution >= 4 is 16.7 Å².